The highest BCUT2D eigenvalue weighted by Gasteiger charge is 2.09. The molecular weight excluding hydrogens is 200 g/mol. The number of carboxylic acids is 1. The Labute approximate surface area is 86.0 Å². The van der Waals surface area contributed by atoms with E-state index in [9.17, 15) is 4.79 Å². The van der Waals surface area contributed by atoms with Gasteiger partial charge in [-0.3, -0.25) is 0 Å². The summed E-state index contributed by atoms with van der Waals surface area (Å²) in [4.78, 5) is 14.4. The molecule has 0 radical (unpaired) electrons. The molecule has 1 atom stereocenters. The van der Waals surface area contributed by atoms with Crippen molar-refractivity contribution in [1.29, 1.82) is 0 Å². The monoisotopic (exact) mass is 210 g/mol. The predicted molar refractivity (Wildman–Crippen MR) is 55.6 cm³/mol. The van der Waals surface area contributed by atoms with E-state index < -0.39 is 5.97 Å². The van der Waals surface area contributed by atoms with Gasteiger partial charge >= 0.3 is 5.97 Å². The number of carbonyl (C=O) groups is 1. The summed E-state index contributed by atoms with van der Waals surface area (Å²) in [6.45, 7) is 1.92. The van der Waals surface area contributed by atoms with E-state index in [-0.39, 0.29) is 11.7 Å². The van der Waals surface area contributed by atoms with Crippen LogP contribution in [0.4, 0.5) is 5.13 Å². The number of aromatic nitrogens is 1. The van der Waals surface area contributed by atoms with Crippen molar-refractivity contribution in [2.45, 2.75) is 19.4 Å². The summed E-state index contributed by atoms with van der Waals surface area (Å²) < 4.78 is 0. The maximum absolute atomic E-state index is 10.5. The molecule has 0 aliphatic carbocycles. The summed E-state index contributed by atoms with van der Waals surface area (Å²) in [6.07, 6.45) is 5.72. The normalized spacial score (nSPS) is 11.7. The van der Waals surface area contributed by atoms with E-state index in [1.165, 1.54) is 16.7 Å². The van der Waals surface area contributed by atoms with Crippen LogP contribution in [-0.4, -0.2) is 22.1 Å². The molecule has 0 spiro atoms. The largest absolute Gasteiger partial charge is 0.476 e. The molecule has 2 N–H and O–H groups in total. The van der Waals surface area contributed by atoms with E-state index in [1.807, 2.05) is 6.92 Å². The van der Waals surface area contributed by atoms with Crippen molar-refractivity contribution in [3.63, 3.8) is 0 Å². The van der Waals surface area contributed by atoms with Crippen molar-refractivity contribution in [2.24, 2.45) is 0 Å². The van der Waals surface area contributed by atoms with Gasteiger partial charge in [0.25, 0.3) is 0 Å². The molecule has 0 aromatic carbocycles. The number of terminal acetylenes is 1. The first kappa shape index (κ1) is 10.5. The van der Waals surface area contributed by atoms with Crippen molar-refractivity contribution in [3.05, 3.63) is 11.1 Å². The highest BCUT2D eigenvalue weighted by atomic mass is 32.1. The molecule has 14 heavy (non-hydrogen) atoms. The van der Waals surface area contributed by atoms with Crippen molar-refractivity contribution in [3.8, 4) is 12.3 Å². The Morgan fingerprint density at radius 1 is 1.93 bits per heavy atom. The second kappa shape index (κ2) is 4.63. The lowest BCUT2D eigenvalue weighted by Crippen LogP contribution is -2.13. The topological polar surface area (TPSA) is 62.2 Å². The van der Waals surface area contributed by atoms with E-state index in [1.54, 1.807) is 0 Å². The Morgan fingerprint density at radius 2 is 2.64 bits per heavy atom. The Bertz CT molecular complexity index is 367. The van der Waals surface area contributed by atoms with Crippen LogP contribution in [0.3, 0.4) is 0 Å². The predicted octanol–water partition coefficient (Wildman–Crippen LogP) is 1.67. The van der Waals surface area contributed by atoms with Gasteiger partial charge in [-0.15, -0.1) is 23.7 Å². The van der Waals surface area contributed by atoms with Crippen LogP contribution in [-0.2, 0) is 0 Å². The molecule has 1 heterocycles. The fourth-order valence-corrected chi connectivity index (χ4v) is 1.67. The Kier molecular flexibility index (Phi) is 3.48. The Hall–Kier alpha value is -1.54. The fourth-order valence-electron chi connectivity index (χ4n) is 0.877. The van der Waals surface area contributed by atoms with Crippen LogP contribution in [0.25, 0.3) is 0 Å². The van der Waals surface area contributed by atoms with E-state index >= 15 is 0 Å². The molecule has 1 rings (SSSR count). The van der Waals surface area contributed by atoms with Gasteiger partial charge in [0.1, 0.15) is 0 Å². The van der Waals surface area contributed by atoms with Gasteiger partial charge in [-0.2, -0.15) is 0 Å². The number of aromatic carboxylic acids is 1. The second-order valence-corrected chi connectivity index (χ2v) is 3.65. The third kappa shape index (κ3) is 2.75. The molecule has 0 saturated heterocycles. The van der Waals surface area contributed by atoms with Gasteiger partial charge in [0, 0.05) is 17.8 Å². The Morgan fingerprint density at radius 3 is 3.14 bits per heavy atom. The molecule has 0 amide bonds. The van der Waals surface area contributed by atoms with Gasteiger partial charge in [0.15, 0.2) is 10.8 Å². The maximum Gasteiger partial charge on any atom is 0.355 e. The third-order valence-electron chi connectivity index (χ3n) is 1.52. The molecule has 1 aromatic heterocycles. The smallest absolute Gasteiger partial charge is 0.355 e. The summed E-state index contributed by atoms with van der Waals surface area (Å²) in [5, 5.41) is 13.7. The minimum absolute atomic E-state index is 0.0606. The molecule has 0 saturated carbocycles. The molecule has 4 nitrogen and oxygen atoms in total. The molecule has 1 unspecified atom stereocenters. The highest BCUT2D eigenvalue weighted by molar-refractivity contribution is 7.13. The second-order valence-electron chi connectivity index (χ2n) is 2.80. The van der Waals surface area contributed by atoms with Gasteiger partial charge in [0.05, 0.1) is 0 Å². The zero-order valence-electron chi connectivity index (χ0n) is 7.65. The van der Waals surface area contributed by atoms with Crippen molar-refractivity contribution in [2.75, 3.05) is 5.32 Å². The number of thiazole rings is 1. The number of hydrogen-bond donors (Lipinski definition) is 2. The van der Waals surface area contributed by atoms with Gasteiger partial charge in [0.2, 0.25) is 0 Å². The average Bonchev–Trinajstić information content (AvgIpc) is 2.53. The summed E-state index contributed by atoms with van der Waals surface area (Å²) in [5.41, 5.74) is 0.0606. The molecule has 0 aliphatic rings. The highest BCUT2D eigenvalue weighted by Crippen LogP contribution is 2.16. The lowest BCUT2D eigenvalue weighted by molar-refractivity contribution is 0.0691. The number of nitrogens with zero attached hydrogens (tertiary/aromatic N) is 1. The quantitative estimate of drug-likeness (QED) is 0.742. The Balaban J connectivity index is 2.60. The number of carboxylic acid groups (broad SMARTS) is 1. The molecular formula is C9H10N2O2S. The number of anilines is 1. The van der Waals surface area contributed by atoms with Crippen LogP contribution in [0.2, 0.25) is 0 Å². The van der Waals surface area contributed by atoms with E-state index in [0.717, 1.165) is 0 Å². The number of nitrogens with one attached hydrogen (secondary N) is 1. The first-order valence-electron chi connectivity index (χ1n) is 4.02. The summed E-state index contributed by atoms with van der Waals surface area (Å²) in [7, 11) is 0. The minimum atomic E-state index is -1.01. The van der Waals surface area contributed by atoms with Crippen LogP contribution in [0.5, 0.6) is 0 Å². The first-order chi connectivity index (χ1) is 6.63. The van der Waals surface area contributed by atoms with Crippen LogP contribution >= 0.6 is 11.3 Å². The number of hydrogen-bond acceptors (Lipinski definition) is 4. The van der Waals surface area contributed by atoms with Gasteiger partial charge in [-0.25, -0.2) is 9.78 Å². The summed E-state index contributed by atoms with van der Waals surface area (Å²) >= 11 is 1.26. The number of rotatable bonds is 4. The fraction of sp³-hybridized carbons (Fsp3) is 0.333. The average molecular weight is 210 g/mol. The van der Waals surface area contributed by atoms with Crippen LogP contribution in [0.1, 0.15) is 23.8 Å². The zero-order valence-corrected chi connectivity index (χ0v) is 8.47. The van der Waals surface area contributed by atoms with E-state index in [0.29, 0.717) is 11.6 Å². The van der Waals surface area contributed by atoms with Crippen LogP contribution < -0.4 is 5.32 Å². The van der Waals surface area contributed by atoms with Gasteiger partial charge in [-0.05, 0) is 6.92 Å². The summed E-state index contributed by atoms with van der Waals surface area (Å²) in [6, 6.07) is 0.104. The zero-order chi connectivity index (χ0) is 10.6. The van der Waals surface area contributed by atoms with Gasteiger partial charge in [-0.1, -0.05) is 0 Å². The van der Waals surface area contributed by atoms with Crippen LogP contribution in [0.15, 0.2) is 5.38 Å². The standard InChI is InChI=1S/C9H10N2O2S/c1-3-4-6(2)10-9-11-7(5-14-9)8(12)13/h1,5-6H,4H2,2H3,(H,10,11)(H,12,13). The van der Waals surface area contributed by atoms with E-state index in [2.05, 4.69) is 16.2 Å². The summed E-state index contributed by atoms with van der Waals surface area (Å²) in [5.74, 6) is 1.50. The van der Waals surface area contributed by atoms with Crippen LogP contribution in [0, 0.1) is 12.3 Å². The molecule has 74 valence electrons. The maximum atomic E-state index is 10.5. The van der Waals surface area contributed by atoms with Crippen molar-refractivity contribution >= 4 is 22.4 Å². The molecule has 0 bridgehead atoms. The molecule has 0 aliphatic heterocycles. The lowest BCUT2D eigenvalue weighted by atomic mass is 10.2. The first-order valence-corrected chi connectivity index (χ1v) is 4.90. The van der Waals surface area contributed by atoms with E-state index in [4.69, 9.17) is 11.5 Å². The van der Waals surface area contributed by atoms with Crippen molar-refractivity contribution in [1.82, 2.24) is 4.98 Å². The van der Waals surface area contributed by atoms with Crippen molar-refractivity contribution < 1.29 is 9.90 Å². The molecule has 5 heteroatoms. The molecule has 1 aromatic rings. The van der Waals surface area contributed by atoms with Gasteiger partial charge < -0.3 is 10.4 Å². The minimum Gasteiger partial charge on any atom is -0.476 e. The molecule has 0 fully saturated rings. The SMILES string of the molecule is C#CCC(C)Nc1nc(C(=O)O)cs1. The third-order valence-corrected chi connectivity index (χ3v) is 2.29. The lowest BCUT2D eigenvalue weighted by Gasteiger charge is -2.07.